The van der Waals surface area contributed by atoms with Gasteiger partial charge in [0, 0.05) is 11.8 Å². The van der Waals surface area contributed by atoms with Crippen LogP contribution in [0.1, 0.15) is 91.9 Å². The zero-order valence-electron chi connectivity index (χ0n) is 33.9. The number of fused-ring (bicyclic) bond motifs is 2. The Morgan fingerprint density at radius 3 is 0.883 bits per heavy atom. The molecule has 10 rings (SSSR count). The lowest BCUT2D eigenvalue weighted by molar-refractivity contribution is -0.0166. The summed E-state index contributed by atoms with van der Waals surface area (Å²) in [4.78, 5) is 0. The summed E-state index contributed by atoms with van der Waals surface area (Å²) in [5.41, 5.74) is 12.3. The molecular weight excluding hydrogens is 737 g/mol. The molecule has 0 spiro atoms. The maximum atomic E-state index is 6.88. The van der Waals surface area contributed by atoms with Gasteiger partial charge in [-0.05, 0) is 79.9 Å². The van der Waals surface area contributed by atoms with E-state index >= 15 is 0 Å². The number of methoxy groups -OCH3 is 2. The smallest absolute Gasteiger partial charge is 0.118 e. The van der Waals surface area contributed by atoms with E-state index in [4.69, 9.17) is 18.9 Å². The molecular formula is C56H48O4. The zero-order valence-corrected chi connectivity index (χ0v) is 33.9. The number of benzene rings is 8. The molecule has 8 aromatic rings. The van der Waals surface area contributed by atoms with Gasteiger partial charge in [0.25, 0.3) is 0 Å². The minimum absolute atomic E-state index is 0.0987. The van der Waals surface area contributed by atoms with Gasteiger partial charge in [-0.1, -0.05) is 194 Å². The summed E-state index contributed by atoms with van der Waals surface area (Å²) in [6.45, 7) is 0. The first-order chi connectivity index (χ1) is 29.7. The van der Waals surface area contributed by atoms with Crippen LogP contribution in [0.25, 0.3) is 0 Å². The lowest BCUT2D eigenvalue weighted by atomic mass is 9.77. The van der Waals surface area contributed by atoms with Crippen LogP contribution < -0.4 is 9.47 Å². The quantitative estimate of drug-likeness (QED) is 0.154. The molecule has 0 aromatic heterocycles. The predicted molar refractivity (Wildman–Crippen MR) is 240 cm³/mol. The van der Waals surface area contributed by atoms with Gasteiger partial charge < -0.3 is 18.9 Å². The minimum Gasteiger partial charge on any atom is -0.497 e. The molecule has 4 heteroatoms. The van der Waals surface area contributed by atoms with E-state index in [9.17, 15) is 0 Å². The van der Waals surface area contributed by atoms with Gasteiger partial charge in [-0.3, -0.25) is 0 Å². The van der Waals surface area contributed by atoms with Crippen molar-refractivity contribution >= 4 is 0 Å². The van der Waals surface area contributed by atoms with E-state index in [1.54, 1.807) is 14.2 Å². The summed E-state index contributed by atoms with van der Waals surface area (Å²) < 4.78 is 24.5. The average Bonchev–Trinajstić information content (AvgIpc) is 3.34. The molecule has 0 saturated carbocycles. The van der Waals surface area contributed by atoms with Crippen LogP contribution in [0.3, 0.4) is 0 Å². The Hall–Kier alpha value is -6.72. The van der Waals surface area contributed by atoms with Crippen molar-refractivity contribution in [2.75, 3.05) is 14.2 Å². The topological polar surface area (TPSA) is 36.9 Å². The Morgan fingerprint density at radius 2 is 0.567 bits per heavy atom. The normalized spacial score (nSPS) is 20.4. The summed E-state index contributed by atoms with van der Waals surface area (Å²) in [5.74, 6) is 1.95. The monoisotopic (exact) mass is 784 g/mol. The molecule has 0 aliphatic carbocycles. The highest BCUT2D eigenvalue weighted by atomic mass is 16.5. The van der Waals surface area contributed by atoms with Crippen molar-refractivity contribution in [1.29, 1.82) is 0 Å². The fourth-order valence-corrected chi connectivity index (χ4v) is 8.92. The highest BCUT2D eigenvalue weighted by Gasteiger charge is 2.39. The molecule has 0 fully saturated rings. The van der Waals surface area contributed by atoms with Crippen molar-refractivity contribution in [2.24, 2.45) is 0 Å². The number of ether oxygens (including phenoxy) is 4. The summed E-state index contributed by atoms with van der Waals surface area (Å²) in [6.07, 6.45) is -0.402. The molecule has 0 bridgehead atoms. The molecule has 60 heavy (non-hydrogen) atoms. The molecule has 0 saturated heterocycles. The van der Waals surface area contributed by atoms with Crippen molar-refractivity contribution in [2.45, 2.75) is 36.3 Å². The standard InChI is InChI=1S/2C28H24O2/c2*1-29-23-18-16-22(17-19-23)28-26(20-10-4-2-5-11-20)24-14-8-9-15-25(24)27(30-28)21-12-6-3-7-13-21/h2*2-19,26-28H,1H3/t2*26-,27+,28-/m00/s1. The van der Waals surface area contributed by atoms with E-state index in [0.29, 0.717) is 0 Å². The van der Waals surface area contributed by atoms with Crippen LogP contribution in [0.4, 0.5) is 0 Å². The van der Waals surface area contributed by atoms with Gasteiger partial charge in [-0.15, -0.1) is 0 Å². The third-order valence-electron chi connectivity index (χ3n) is 11.8. The van der Waals surface area contributed by atoms with Crippen molar-refractivity contribution in [3.8, 4) is 11.5 Å². The zero-order chi connectivity index (χ0) is 40.7. The van der Waals surface area contributed by atoms with Gasteiger partial charge in [0.1, 0.15) is 23.7 Å². The van der Waals surface area contributed by atoms with Crippen molar-refractivity contribution in [3.63, 3.8) is 0 Å². The summed E-state index contributed by atoms with van der Waals surface area (Å²) in [7, 11) is 3.39. The Bertz CT molecular complexity index is 2390. The molecule has 0 N–H and O–H groups in total. The number of hydrogen-bond donors (Lipinski definition) is 0. The van der Waals surface area contributed by atoms with E-state index in [2.05, 4.69) is 182 Å². The molecule has 0 amide bonds. The van der Waals surface area contributed by atoms with Crippen LogP contribution in [0.2, 0.25) is 0 Å². The Balaban J connectivity index is 0.000000154. The third-order valence-corrected chi connectivity index (χ3v) is 11.8. The first-order valence-electron chi connectivity index (χ1n) is 20.7. The summed E-state index contributed by atoms with van der Waals surface area (Å²) >= 11 is 0. The van der Waals surface area contributed by atoms with Crippen LogP contribution in [0.5, 0.6) is 11.5 Å². The van der Waals surface area contributed by atoms with Gasteiger partial charge in [0.2, 0.25) is 0 Å². The number of rotatable bonds is 8. The van der Waals surface area contributed by atoms with Crippen LogP contribution in [-0.4, -0.2) is 14.2 Å². The highest BCUT2D eigenvalue weighted by molar-refractivity contribution is 5.49. The molecule has 2 heterocycles. The maximum absolute atomic E-state index is 6.88. The van der Waals surface area contributed by atoms with Crippen LogP contribution in [0, 0.1) is 0 Å². The van der Waals surface area contributed by atoms with Crippen molar-refractivity contribution < 1.29 is 18.9 Å². The van der Waals surface area contributed by atoms with Gasteiger partial charge in [0.05, 0.1) is 26.4 Å². The summed E-state index contributed by atoms with van der Waals surface area (Å²) in [5, 5.41) is 0. The Kier molecular flexibility index (Phi) is 11.7. The van der Waals surface area contributed by atoms with Crippen LogP contribution in [-0.2, 0) is 9.47 Å². The maximum Gasteiger partial charge on any atom is 0.118 e. The summed E-state index contributed by atoms with van der Waals surface area (Å²) in [6, 6.07) is 76.2. The predicted octanol–water partition coefficient (Wildman–Crippen LogP) is 13.4. The largest absolute Gasteiger partial charge is 0.497 e. The lowest BCUT2D eigenvalue weighted by Crippen LogP contribution is -2.26. The van der Waals surface area contributed by atoms with E-state index in [0.717, 1.165) is 22.6 Å². The van der Waals surface area contributed by atoms with Crippen LogP contribution in [0.15, 0.2) is 218 Å². The molecule has 2 aliphatic heterocycles. The molecule has 0 unspecified atom stereocenters. The molecule has 4 nitrogen and oxygen atoms in total. The van der Waals surface area contributed by atoms with Gasteiger partial charge >= 0.3 is 0 Å². The second-order valence-corrected chi connectivity index (χ2v) is 15.3. The van der Waals surface area contributed by atoms with E-state index in [1.807, 2.05) is 36.4 Å². The van der Waals surface area contributed by atoms with E-state index in [1.165, 1.54) is 44.5 Å². The fourth-order valence-electron chi connectivity index (χ4n) is 8.92. The van der Waals surface area contributed by atoms with Crippen molar-refractivity contribution in [1.82, 2.24) is 0 Å². The molecule has 0 radical (unpaired) electrons. The third kappa shape index (κ3) is 8.00. The molecule has 296 valence electrons. The van der Waals surface area contributed by atoms with Crippen molar-refractivity contribution in [3.05, 3.63) is 274 Å². The lowest BCUT2D eigenvalue weighted by Gasteiger charge is -2.39. The van der Waals surface area contributed by atoms with E-state index < -0.39 is 0 Å². The van der Waals surface area contributed by atoms with Gasteiger partial charge in [-0.2, -0.15) is 0 Å². The van der Waals surface area contributed by atoms with Gasteiger partial charge in [0.15, 0.2) is 0 Å². The first kappa shape index (κ1) is 38.8. The highest BCUT2D eigenvalue weighted by Crippen LogP contribution is 2.52. The fraction of sp³-hybridized carbons (Fsp3) is 0.143. The SMILES string of the molecule is COc1ccc([C@@H]2O[C@H](c3ccccc3)c3ccccc3[C@@H]2c2ccccc2)cc1.COc1ccc([C@@H]2O[C@H](c3ccccc3)c3ccccc3[C@@H]2c2ccccc2)cc1. The molecule has 6 atom stereocenters. The second kappa shape index (κ2) is 18.0. The van der Waals surface area contributed by atoms with Crippen LogP contribution >= 0.6 is 0 Å². The Morgan fingerprint density at radius 1 is 0.283 bits per heavy atom. The second-order valence-electron chi connectivity index (χ2n) is 15.3. The Labute approximate surface area is 353 Å². The molecule has 2 aliphatic rings. The first-order valence-corrected chi connectivity index (χ1v) is 20.7. The molecule has 8 aromatic carbocycles. The minimum atomic E-state index is -0.102. The number of hydrogen-bond acceptors (Lipinski definition) is 4. The van der Waals surface area contributed by atoms with E-state index in [-0.39, 0.29) is 36.3 Å². The van der Waals surface area contributed by atoms with Gasteiger partial charge in [-0.25, -0.2) is 0 Å². The average molecular weight is 785 g/mol.